The van der Waals surface area contributed by atoms with Gasteiger partial charge in [0, 0.05) is 10.5 Å². The number of aryl methyl sites for hydroxylation is 3. The van der Waals surface area contributed by atoms with E-state index in [1.165, 1.54) is 47.1 Å². The van der Waals surface area contributed by atoms with Gasteiger partial charge in [-0.3, -0.25) is 0 Å². The molecule has 0 spiro atoms. The van der Waals surface area contributed by atoms with Gasteiger partial charge in [0.25, 0.3) is 0 Å². The largest absolute Gasteiger partial charge is 0.324 e. The van der Waals surface area contributed by atoms with E-state index in [4.69, 9.17) is 5.73 Å². The Hall–Kier alpha value is -1.12. The van der Waals surface area contributed by atoms with Gasteiger partial charge < -0.3 is 5.73 Å². The standard InChI is InChI=1S/C18H20BrN/c1-12-9-16(7-8-17(12)19)18(20)11-13-5-6-14-3-2-4-15(14)10-13/h5-10,18H,2-4,11,20H2,1H3. The molecular formula is C18H20BrN. The third-order valence-electron chi connectivity index (χ3n) is 4.23. The summed E-state index contributed by atoms with van der Waals surface area (Å²) in [6, 6.07) is 13.4. The molecule has 0 aromatic heterocycles. The normalized spacial score (nSPS) is 15.2. The van der Waals surface area contributed by atoms with Crippen molar-refractivity contribution in [1.82, 2.24) is 0 Å². The van der Waals surface area contributed by atoms with Crippen molar-refractivity contribution >= 4 is 15.9 Å². The zero-order chi connectivity index (χ0) is 14.1. The highest BCUT2D eigenvalue weighted by Crippen LogP contribution is 2.26. The van der Waals surface area contributed by atoms with Gasteiger partial charge in [-0.15, -0.1) is 0 Å². The van der Waals surface area contributed by atoms with Crippen molar-refractivity contribution in [3.05, 3.63) is 68.7 Å². The van der Waals surface area contributed by atoms with Crippen molar-refractivity contribution in [2.75, 3.05) is 0 Å². The number of benzene rings is 2. The Kier molecular flexibility index (Phi) is 3.95. The van der Waals surface area contributed by atoms with Gasteiger partial charge in [0.05, 0.1) is 0 Å². The van der Waals surface area contributed by atoms with Crippen molar-refractivity contribution in [3.8, 4) is 0 Å². The van der Waals surface area contributed by atoms with Gasteiger partial charge in [-0.05, 0) is 66.5 Å². The molecule has 0 saturated carbocycles. The van der Waals surface area contributed by atoms with Crippen LogP contribution in [0.3, 0.4) is 0 Å². The first-order valence-electron chi connectivity index (χ1n) is 7.26. The predicted molar refractivity (Wildman–Crippen MR) is 88.0 cm³/mol. The molecule has 0 aliphatic heterocycles. The fourth-order valence-corrected chi connectivity index (χ4v) is 3.27. The van der Waals surface area contributed by atoms with Crippen molar-refractivity contribution in [2.45, 2.75) is 38.6 Å². The zero-order valence-electron chi connectivity index (χ0n) is 11.8. The lowest BCUT2D eigenvalue weighted by Crippen LogP contribution is -2.13. The maximum absolute atomic E-state index is 6.38. The van der Waals surface area contributed by atoms with Gasteiger partial charge >= 0.3 is 0 Å². The van der Waals surface area contributed by atoms with E-state index in [1.54, 1.807) is 0 Å². The third-order valence-corrected chi connectivity index (χ3v) is 5.12. The first kappa shape index (κ1) is 13.8. The lowest BCUT2D eigenvalue weighted by atomic mass is 9.96. The second-order valence-corrected chi connectivity index (χ2v) is 6.63. The molecule has 2 aromatic carbocycles. The van der Waals surface area contributed by atoms with Gasteiger partial charge in [0.15, 0.2) is 0 Å². The quantitative estimate of drug-likeness (QED) is 0.882. The summed E-state index contributed by atoms with van der Waals surface area (Å²) in [5, 5.41) is 0. The van der Waals surface area contributed by atoms with E-state index in [9.17, 15) is 0 Å². The molecule has 20 heavy (non-hydrogen) atoms. The fraction of sp³-hybridized carbons (Fsp3) is 0.333. The molecule has 1 nitrogen and oxygen atoms in total. The fourth-order valence-electron chi connectivity index (χ4n) is 3.02. The molecular weight excluding hydrogens is 310 g/mol. The van der Waals surface area contributed by atoms with E-state index in [0.717, 1.165) is 10.9 Å². The average Bonchev–Trinajstić information content (AvgIpc) is 2.89. The van der Waals surface area contributed by atoms with Gasteiger partial charge in [-0.2, -0.15) is 0 Å². The first-order chi connectivity index (χ1) is 9.63. The maximum atomic E-state index is 6.38. The van der Waals surface area contributed by atoms with Crippen molar-refractivity contribution < 1.29 is 0 Å². The highest BCUT2D eigenvalue weighted by Gasteiger charge is 2.13. The van der Waals surface area contributed by atoms with Crippen LogP contribution in [0, 0.1) is 6.92 Å². The molecule has 0 radical (unpaired) electrons. The van der Waals surface area contributed by atoms with Gasteiger partial charge in [-0.1, -0.05) is 46.3 Å². The van der Waals surface area contributed by atoms with Crippen LogP contribution in [0.2, 0.25) is 0 Å². The maximum Gasteiger partial charge on any atom is 0.0335 e. The number of hydrogen-bond donors (Lipinski definition) is 1. The minimum atomic E-state index is 0.0706. The monoisotopic (exact) mass is 329 g/mol. The molecule has 1 aliphatic carbocycles. The SMILES string of the molecule is Cc1cc(C(N)Cc2ccc3c(c2)CCC3)ccc1Br. The van der Waals surface area contributed by atoms with Gasteiger partial charge in [0.2, 0.25) is 0 Å². The molecule has 3 rings (SSSR count). The Bertz CT molecular complexity index is 633. The zero-order valence-corrected chi connectivity index (χ0v) is 13.4. The Morgan fingerprint density at radius 3 is 2.70 bits per heavy atom. The van der Waals surface area contributed by atoms with E-state index in [0.29, 0.717) is 0 Å². The molecule has 2 heteroatoms. The minimum Gasteiger partial charge on any atom is -0.324 e. The average molecular weight is 330 g/mol. The number of halogens is 1. The molecule has 0 bridgehead atoms. The molecule has 1 unspecified atom stereocenters. The first-order valence-corrected chi connectivity index (χ1v) is 8.05. The number of nitrogens with two attached hydrogens (primary N) is 1. The lowest BCUT2D eigenvalue weighted by Gasteiger charge is -2.14. The highest BCUT2D eigenvalue weighted by atomic mass is 79.9. The molecule has 1 aliphatic rings. The van der Waals surface area contributed by atoms with Gasteiger partial charge in [0.1, 0.15) is 0 Å². The van der Waals surface area contributed by atoms with Crippen LogP contribution in [0.1, 0.15) is 40.3 Å². The second kappa shape index (κ2) is 5.71. The topological polar surface area (TPSA) is 26.0 Å². The molecule has 2 N–H and O–H groups in total. The van der Waals surface area contributed by atoms with Crippen LogP contribution in [0.5, 0.6) is 0 Å². The molecule has 0 saturated heterocycles. The second-order valence-electron chi connectivity index (χ2n) is 5.78. The van der Waals surface area contributed by atoms with Crippen LogP contribution in [-0.4, -0.2) is 0 Å². The Balaban J connectivity index is 1.78. The Labute approximate surface area is 129 Å². The summed E-state index contributed by atoms with van der Waals surface area (Å²) >= 11 is 3.54. The van der Waals surface area contributed by atoms with Crippen LogP contribution in [0.4, 0.5) is 0 Å². The van der Waals surface area contributed by atoms with Crippen molar-refractivity contribution in [1.29, 1.82) is 0 Å². The number of fused-ring (bicyclic) bond motifs is 1. The lowest BCUT2D eigenvalue weighted by molar-refractivity contribution is 0.720. The van der Waals surface area contributed by atoms with Crippen molar-refractivity contribution in [3.63, 3.8) is 0 Å². The van der Waals surface area contributed by atoms with E-state index >= 15 is 0 Å². The van der Waals surface area contributed by atoms with E-state index in [2.05, 4.69) is 59.3 Å². The van der Waals surface area contributed by atoms with Gasteiger partial charge in [-0.25, -0.2) is 0 Å². The van der Waals surface area contributed by atoms with Crippen LogP contribution >= 0.6 is 15.9 Å². The number of hydrogen-bond acceptors (Lipinski definition) is 1. The number of rotatable bonds is 3. The summed E-state index contributed by atoms with van der Waals surface area (Å²) in [4.78, 5) is 0. The highest BCUT2D eigenvalue weighted by molar-refractivity contribution is 9.10. The predicted octanol–water partition coefficient (Wildman–Crippen LogP) is 4.49. The Morgan fingerprint density at radius 1 is 1.10 bits per heavy atom. The van der Waals surface area contributed by atoms with Crippen molar-refractivity contribution in [2.24, 2.45) is 5.73 Å². The molecule has 0 heterocycles. The molecule has 2 aromatic rings. The summed E-state index contributed by atoms with van der Waals surface area (Å²) in [6.07, 6.45) is 4.69. The Morgan fingerprint density at radius 2 is 1.90 bits per heavy atom. The summed E-state index contributed by atoms with van der Waals surface area (Å²) in [6.45, 7) is 2.11. The van der Waals surface area contributed by atoms with Crippen LogP contribution in [-0.2, 0) is 19.3 Å². The molecule has 104 valence electrons. The van der Waals surface area contributed by atoms with Crippen LogP contribution < -0.4 is 5.73 Å². The summed E-state index contributed by atoms with van der Waals surface area (Å²) in [5.41, 5.74) is 13.3. The molecule has 1 atom stereocenters. The molecule has 0 fully saturated rings. The minimum absolute atomic E-state index is 0.0706. The summed E-state index contributed by atoms with van der Waals surface area (Å²) < 4.78 is 1.14. The van der Waals surface area contributed by atoms with E-state index in [1.807, 2.05) is 0 Å². The third kappa shape index (κ3) is 2.82. The van der Waals surface area contributed by atoms with E-state index < -0.39 is 0 Å². The van der Waals surface area contributed by atoms with Crippen LogP contribution in [0.15, 0.2) is 40.9 Å². The van der Waals surface area contributed by atoms with Crippen LogP contribution in [0.25, 0.3) is 0 Å². The smallest absolute Gasteiger partial charge is 0.0335 e. The summed E-state index contributed by atoms with van der Waals surface area (Å²) in [7, 11) is 0. The van der Waals surface area contributed by atoms with E-state index in [-0.39, 0.29) is 6.04 Å². The molecule has 0 amide bonds. The summed E-state index contributed by atoms with van der Waals surface area (Å²) in [5.74, 6) is 0.